The Labute approximate surface area is 197 Å². The van der Waals surface area contributed by atoms with Crippen LogP contribution in [0.4, 0.5) is 5.82 Å². The molecular formula is C25H27N5O4. The fourth-order valence-corrected chi connectivity index (χ4v) is 3.87. The van der Waals surface area contributed by atoms with Crippen LogP contribution in [0.1, 0.15) is 29.0 Å². The fraction of sp³-hybridized carbons (Fsp3) is 0.320. The molecule has 1 N–H and O–H groups in total. The molecule has 1 unspecified atom stereocenters. The van der Waals surface area contributed by atoms with E-state index in [0.29, 0.717) is 31.0 Å². The van der Waals surface area contributed by atoms with E-state index in [9.17, 15) is 14.4 Å². The number of nitrogens with one attached hydrogen (secondary N) is 1. The maximum Gasteiger partial charge on any atom is 0.274 e. The van der Waals surface area contributed by atoms with E-state index in [2.05, 4.69) is 15.4 Å². The number of amides is 2. The number of likely N-dealkylation sites (tertiary alicyclic amines) is 1. The van der Waals surface area contributed by atoms with Crippen LogP contribution in [0.2, 0.25) is 0 Å². The van der Waals surface area contributed by atoms with Gasteiger partial charge in [0.1, 0.15) is 23.9 Å². The van der Waals surface area contributed by atoms with Crippen molar-refractivity contribution in [1.29, 1.82) is 0 Å². The van der Waals surface area contributed by atoms with Crippen LogP contribution in [0.3, 0.4) is 0 Å². The lowest BCUT2D eigenvalue weighted by Crippen LogP contribution is -2.44. The minimum atomic E-state index is -0.342. The number of pyridine rings is 1. The molecule has 1 saturated heterocycles. The van der Waals surface area contributed by atoms with E-state index in [1.165, 1.54) is 16.8 Å². The number of nitrogens with zero attached hydrogens (tertiary/aromatic N) is 4. The van der Waals surface area contributed by atoms with Crippen molar-refractivity contribution in [2.75, 3.05) is 25.0 Å². The van der Waals surface area contributed by atoms with Gasteiger partial charge in [-0.05, 0) is 50.1 Å². The highest BCUT2D eigenvalue weighted by molar-refractivity contribution is 5.94. The Morgan fingerprint density at radius 3 is 2.71 bits per heavy atom. The van der Waals surface area contributed by atoms with Crippen LogP contribution in [0.15, 0.2) is 65.5 Å². The molecule has 1 fully saturated rings. The van der Waals surface area contributed by atoms with Gasteiger partial charge in [0, 0.05) is 24.8 Å². The first-order valence-corrected chi connectivity index (χ1v) is 11.3. The summed E-state index contributed by atoms with van der Waals surface area (Å²) in [6, 6.07) is 17.5. The van der Waals surface area contributed by atoms with E-state index in [1.54, 1.807) is 11.0 Å². The summed E-state index contributed by atoms with van der Waals surface area (Å²) in [5, 5.41) is 7.09. The lowest BCUT2D eigenvalue weighted by Gasteiger charge is -2.31. The number of carbonyl (C=O) groups excluding carboxylic acids is 2. The molecule has 176 valence electrons. The van der Waals surface area contributed by atoms with Gasteiger partial charge in [-0.3, -0.25) is 14.4 Å². The van der Waals surface area contributed by atoms with Crippen LogP contribution in [0, 0.1) is 12.8 Å². The molecule has 1 aliphatic rings. The maximum absolute atomic E-state index is 13.1. The number of carbonyl (C=O) groups is 2. The molecule has 1 atom stereocenters. The van der Waals surface area contributed by atoms with Crippen molar-refractivity contribution in [3.8, 4) is 5.75 Å². The van der Waals surface area contributed by atoms with Gasteiger partial charge in [-0.15, -0.1) is 0 Å². The largest absolute Gasteiger partial charge is 0.492 e. The molecule has 2 amide bonds. The number of aryl methyl sites for hydroxylation is 1. The van der Waals surface area contributed by atoms with Crippen LogP contribution >= 0.6 is 0 Å². The number of hydrogen-bond acceptors (Lipinski definition) is 6. The highest BCUT2D eigenvalue weighted by Gasteiger charge is 2.30. The Balaban J connectivity index is 1.38. The topological polar surface area (TPSA) is 106 Å². The summed E-state index contributed by atoms with van der Waals surface area (Å²) in [5.74, 6) is 0.391. The van der Waals surface area contributed by atoms with E-state index >= 15 is 0 Å². The molecule has 1 aromatic carbocycles. The van der Waals surface area contributed by atoms with Crippen LogP contribution in [-0.2, 0) is 11.3 Å². The molecule has 9 nitrogen and oxygen atoms in total. The molecule has 0 spiro atoms. The molecule has 3 heterocycles. The second-order valence-corrected chi connectivity index (χ2v) is 8.19. The summed E-state index contributed by atoms with van der Waals surface area (Å²) in [4.78, 5) is 44.0. The first kappa shape index (κ1) is 23.2. The van der Waals surface area contributed by atoms with Crippen LogP contribution in [-0.4, -0.2) is 51.2 Å². The number of ether oxygens (including phenoxy) is 1. The highest BCUT2D eigenvalue weighted by atomic mass is 16.5. The number of rotatable bonds is 7. The average Bonchev–Trinajstić information content (AvgIpc) is 2.85. The first-order chi connectivity index (χ1) is 16.5. The van der Waals surface area contributed by atoms with Crippen LogP contribution < -0.4 is 15.6 Å². The Bertz CT molecular complexity index is 1210. The third-order valence-corrected chi connectivity index (χ3v) is 5.62. The Morgan fingerprint density at radius 2 is 1.91 bits per heavy atom. The van der Waals surface area contributed by atoms with Crippen LogP contribution in [0.25, 0.3) is 0 Å². The summed E-state index contributed by atoms with van der Waals surface area (Å²) in [6.45, 7) is 3.13. The molecule has 0 radical (unpaired) electrons. The Kier molecular flexibility index (Phi) is 7.31. The minimum absolute atomic E-state index is 0.161. The van der Waals surface area contributed by atoms with Gasteiger partial charge in [0.25, 0.3) is 11.5 Å². The lowest BCUT2D eigenvalue weighted by molar-refractivity contribution is -0.121. The smallest absolute Gasteiger partial charge is 0.274 e. The summed E-state index contributed by atoms with van der Waals surface area (Å²) < 4.78 is 6.86. The normalized spacial score (nSPS) is 15.6. The monoisotopic (exact) mass is 461 g/mol. The third-order valence-electron chi connectivity index (χ3n) is 5.62. The van der Waals surface area contributed by atoms with Crippen molar-refractivity contribution in [3.05, 3.63) is 82.4 Å². The second-order valence-electron chi connectivity index (χ2n) is 8.19. The minimum Gasteiger partial charge on any atom is -0.492 e. The van der Waals surface area contributed by atoms with Crippen molar-refractivity contribution >= 4 is 17.6 Å². The number of hydrogen-bond donors (Lipinski definition) is 1. The second kappa shape index (κ2) is 10.7. The molecule has 9 heteroatoms. The average molecular weight is 462 g/mol. The van der Waals surface area contributed by atoms with E-state index in [1.807, 2.05) is 49.4 Å². The van der Waals surface area contributed by atoms with Gasteiger partial charge in [0.05, 0.1) is 12.5 Å². The molecular weight excluding hydrogens is 434 g/mol. The maximum atomic E-state index is 13.1. The van der Waals surface area contributed by atoms with Crippen LogP contribution in [0.5, 0.6) is 5.75 Å². The SMILES string of the molecule is Cc1cccc(NC(=O)C2CCCN(C(=O)c3ccc(=O)n(CCOc4ccccc4)n3)C2)n1. The van der Waals surface area contributed by atoms with Gasteiger partial charge in [-0.25, -0.2) is 9.67 Å². The van der Waals surface area contributed by atoms with Gasteiger partial charge in [-0.1, -0.05) is 24.3 Å². The molecule has 4 rings (SSSR count). The van der Waals surface area contributed by atoms with Crippen molar-refractivity contribution < 1.29 is 14.3 Å². The predicted molar refractivity (Wildman–Crippen MR) is 127 cm³/mol. The molecule has 0 aliphatic carbocycles. The lowest BCUT2D eigenvalue weighted by atomic mass is 9.97. The van der Waals surface area contributed by atoms with E-state index in [4.69, 9.17) is 4.74 Å². The molecule has 2 aromatic heterocycles. The Hall–Kier alpha value is -4.01. The van der Waals surface area contributed by atoms with E-state index in [0.717, 1.165) is 5.69 Å². The number of piperidine rings is 1. The number of aromatic nitrogens is 3. The van der Waals surface area contributed by atoms with E-state index < -0.39 is 0 Å². The van der Waals surface area contributed by atoms with Crippen molar-refractivity contribution in [2.45, 2.75) is 26.3 Å². The molecule has 0 saturated carbocycles. The zero-order valence-corrected chi connectivity index (χ0v) is 19.0. The number of para-hydroxylation sites is 1. The summed E-state index contributed by atoms with van der Waals surface area (Å²) in [7, 11) is 0. The van der Waals surface area contributed by atoms with Gasteiger partial charge >= 0.3 is 0 Å². The number of anilines is 1. The Morgan fingerprint density at radius 1 is 1.09 bits per heavy atom. The van der Waals surface area contributed by atoms with Crippen molar-refractivity contribution in [1.82, 2.24) is 19.7 Å². The molecule has 34 heavy (non-hydrogen) atoms. The fourth-order valence-electron chi connectivity index (χ4n) is 3.87. The number of benzene rings is 1. The molecule has 0 bridgehead atoms. The molecule has 1 aliphatic heterocycles. The van der Waals surface area contributed by atoms with Gasteiger partial charge in [0.15, 0.2) is 0 Å². The van der Waals surface area contributed by atoms with Gasteiger partial charge < -0.3 is 15.0 Å². The third kappa shape index (κ3) is 5.86. The quantitative estimate of drug-likeness (QED) is 0.580. The first-order valence-electron chi connectivity index (χ1n) is 11.3. The zero-order chi connectivity index (χ0) is 23.9. The summed E-state index contributed by atoms with van der Waals surface area (Å²) >= 11 is 0. The van der Waals surface area contributed by atoms with Crippen molar-refractivity contribution in [3.63, 3.8) is 0 Å². The molecule has 3 aromatic rings. The summed E-state index contributed by atoms with van der Waals surface area (Å²) in [6.07, 6.45) is 1.39. The van der Waals surface area contributed by atoms with Gasteiger partial charge in [-0.2, -0.15) is 5.10 Å². The highest BCUT2D eigenvalue weighted by Crippen LogP contribution is 2.20. The summed E-state index contributed by atoms with van der Waals surface area (Å²) in [5.41, 5.74) is 0.670. The standard InChI is InChI=1S/C25H27N5O4/c1-18-7-5-11-22(26-18)27-24(32)19-8-6-14-29(17-19)25(33)21-12-13-23(31)30(28-21)15-16-34-20-9-3-2-4-10-20/h2-5,7,9-13,19H,6,8,14-17H2,1H3,(H,26,27,32). The predicted octanol–water partition coefficient (Wildman–Crippen LogP) is 2.52. The van der Waals surface area contributed by atoms with Gasteiger partial charge in [0.2, 0.25) is 5.91 Å². The zero-order valence-electron chi connectivity index (χ0n) is 19.0. The van der Waals surface area contributed by atoms with Crippen molar-refractivity contribution in [2.24, 2.45) is 5.92 Å². The van der Waals surface area contributed by atoms with E-state index in [-0.39, 0.29) is 48.7 Å².